The van der Waals surface area contributed by atoms with Crippen molar-refractivity contribution in [2.75, 3.05) is 13.1 Å². The molecular formula is C15H20N2O4. The summed E-state index contributed by atoms with van der Waals surface area (Å²) < 4.78 is 0. The van der Waals surface area contributed by atoms with E-state index in [1.807, 2.05) is 24.0 Å². The molecule has 0 radical (unpaired) electrons. The Bertz CT molecular complexity index is 532. The number of nitrogens with zero attached hydrogens (tertiary/aromatic N) is 1. The number of phenols is 1. The number of carbonyl (C=O) groups excluding carboxylic acids is 1. The molecule has 1 heterocycles. The summed E-state index contributed by atoms with van der Waals surface area (Å²) in [6, 6.07) is 6.10. The monoisotopic (exact) mass is 292 g/mol. The van der Waals surface area contributed by atoms with Crippen LogP contribution >= 0.6 is 0 Å². The molecule has 114 valence electrons. The van der Waals surface area contributed by atoms with E-state index in [1.54, 1.807) is 12.1 Å². The van der Waals surface area contributed by atoms with Crippen LogP contribution in [0.25, 0.3) is 0 Å². The summed E-state index contributed by atoms with van der Waals surface area (Å²) >= 11 is 0. The maximum Gasteiger partial charge on any atom is 0.305 e. The number of benzene rings is 1. The molecule has 3 N–H and O–H groups in total. The van der Waals surface area contributed by atoms with E-state index in [2.05, 4.69) is 5.32 Å². The molecule has 0 saturated carbocycles. The number of nitrogens with one attached hydrogen (secondary N) is 1. The summed E-state index contributed by atoms with van der Waals surface area (Å²) in [7, 11) is 0. The van der Waals surface area contributed by atoms with Gasteiger partial charge in [-0.2, -0.15) is 0 Å². The average molecular weight is 292 g/mol. The van der Waals surface area contributed by atoms with Gasteiger partial charge in [-0.25, -0.2) is 0 Å². The van der Waals surface area contributed by atoms with Gasteiger partial charge in [-0.3, -0.25) is 14.5 Å². The summed E-state index contributed by atoms with van der Waals surface area (Å²) in [6.45, 7) is 3.01. The van der Waals surface area contributed by atoms with Crippen molar-refractivity contribution in [3.63, 3.8) is 0 Å². The minimum Gasteiger partial charge on any atom is -0.508 e. The third-order valence-corrected chi connectivity index (χ3v) is 3.82. The van der Waals surface area contributed by atoms with Crippen molar-refractivity contribution in [3.8, 4) is 5.75 Å². The van der Waals surface area contributed by atoms with Crippen molar-refractivity contribution in [2.45, 2.75) is 31.8 Å². The highest BCUT2D eigenvalue weighted by atomic mass is 16.4. The van der Waals surface area contributed by atoms with Crippen LogP contribution in [0.5, 0.6) is 5.75 Å². The van der Waals surface area contributed by atoms with E-state index in [0.717, 1.165) is 5.56 Å². The van der Waals surface area contributed by atoms with Crippen LogP contribution in [0.3, 0.4) is 0 Å². The number of hydrogen-bond acceptors (Lipinski definition) is 4. The van der Waals surface area contributed by atoms with Gasteiger partial charge in [0.15, 0.2) is 0 Å². The number of aromatic hydroxyl groups is 1. The van der Waals surface area contributed by atoms with Gasteiger partial charge in [-0.1, -0.05) is 25.1 Å². The molecule has 1 saturated heterocycles. The fourth-order valence-electron chi connectivity index (χ4n) is 2.88. The van der Waals surface area contributed by atoms with E-state index >= 15 is 0 Å². The van der Waals surface area contributed by atoms with Crippen molar-refractivity contribution in [3.05, 3.63) is 29.8 Å². The van der Waals surface area contributed by atoms with Gasteiger partial charge < -0.3 is 15.5 Å². The first kappa shape index (κ1) is 15.3. The Hall–Kier alpha value is -2.08. The van der Waals surface area contributed by atoms with Crippen molar-refractivity contribution < 1.29 is 19.8 Å². The lowest BCUT2D eigenvalue weighted by molar-refractivity contribution is -0.144. The smallest absolute Gasteiger partial charge is 0.305 e. The molecule has 1 aliphatic rings. The Kier molecular flexibility index (Phi) is 4.80. The van der Waals surface area contributed by atoms with E-state index in [1.165, 1.54) is 0 Å². The molecule has 0 spiro atoms. The van der Waals surface area contributed by atoms with Crippen LogP contribution in [0.15, 0.2) is 24.3 Å². The molecule has 21 heavy (non-hydrogen) atoms. The molecule has 0 bridgehead atoms. The van der Waals surface area contributed by atoms with E-state index in [4.69, 9.17) is 5.11 Å². The van der Waals surface area contributed by atoms with Gasteiger partial charge in [0, 0.05) is 24.7 Å². The number of carbonyl (C=O) groups is 2. The number of carboxylic acids is 1. The zero-order chi connectivity index (χ0) is 15.4. The van der Waals surface area contributed by atoms with Crippen LogP contribution in [0.1, 0.15) is 31.4 Å². The molecular weight excluding hydrogens is 272 g/mol. The maximum atomic E-state index is 12.0. The van der Waals surface area contributed by atoms with Gasteiger partial charge in [0.2, 0.25) is 5.91 Å². The van der Waals surface area contributed by atoms with Gasteiger partial charge in [-0.05, 0) is 12.5 Å². The van der Waals surface area contributed by atoms with Gasteiger partial charge in [-0.15, -0.1) is 0 Å². The molecule has 2 rings (SSSR count). The van der Waals surface area contributed by atoms with E-state index < -0.39 is 12.0 Å². The van der Waals surface area contributed by atoms with Crippen molar-refractivity contribution in [2.24, 2.45) is 0 Å². The SMILES string of the molecule is CCC(c1ccccc1O)N1CCNC(=O)C1CC(=O)O. The number of phenolic OH excluding ortho intramolecular Hbond substituents is 1. The van der Waals surface area contributed by atoms with Crippen LogP contribution in [0.4, 0.5) is 0 Å². The first-order valence-corrected chi connectivity index (χ1v) is 7.07. The molecule has 1 aromatic rings. The molecule has 1 aromatic carbocycles. The third kappa shape index (κ3) is 3.33. The number of piperazine rings is 1. The Labute approximate surface area is 123 Å². The zero-order valence-electron chi connectivity index (χ0n) is 12.0. The first-order chi connectivity index (χ1) is 10.0. The highest BCUT2D eigenvalue weighted by molar-refractivity contribution is 5.86. The number of carboxylic acid groups (broad SMARTS) is 1. The number of rotatable bonds is 5. The van der Waals surface area contributed by atoms with Gasteiger partial charge >= 0.3 is 5.97 Å². The fourth-order valence-corrected chi connectivity index (χ4v) is 2.88. The molecule has 2 atom stereocenters. The topological polar surface area (TPSA) is 89.9 Å². The van der Waals surface area contributed by atoms with Gasteiger partial charge in [0.1, 0.15) is 11.8 Å². The molecule has 1 amide bonds. The largest absolute Gasteiger partial charge is 0.508 e. The summed E-state index contributed by atoms with van der Waals surface area (Å²) in [5, 5.41) is 21.8. The average Bonchev–Trinajstić information content (AvgIpc) is 2.44. The van der Waals surface area contributed by atoms with E-state index in [-0.39, 0.29) is 24.1 Å². The minimum atomic E-state index is -1.01. The minimum absolute atomic E-state index is 0.171. The third-order valence-electron chi connectivity index (χ3n) is 3.82. The molecule has 1 fully saturated rings. The predicted molar refractivity (Wildman–Crippen MR) is 76.9 cm³/mol. The van der Waals surface area contributed by atoms with Crippen LogP contribution in [-0.2, 0) is 9.59 Å². The zero-order valence-corrected chi connectivity index (χ0v) is 12.0. The highest BCUT2D eigenvalue weighted by Crippen LogP contribution is 2.33. The summed E-state index contributed by atoms with van der Waals surface area (Å²) in [5.74, 6) is -1.10. The van der Waals surface area contributed by atoms with Crippen LogP contribution < -0.4 is 5.32 Å². The number of amides is 1. The van der Waals surface area contributed by atoms with E-state index in [9.17, 15) is 14.7 Å². The fraction of sp³-hybridized carbons (Fsp3) is 0.467. The Morgan fingerprint density at radius 2 is 2.19 bits per heavy atom. The Morgan fingerprint density at radius 3 is 2.81 bits per heavy atom. The highest BCUT2D eigenvalue weighted by Gasteiger charge is 2.36. The first-order valence-electron chi connectivity index (χ1n) is 7.07. The van der Waals surface area contributed by atoms with Crippen LogP contribution in [-0.4, -0.2) is 46.1 Å². The summed E-state index contributed by atoms with van der Waals surface area (Å²) in [6.07, 6.45) is 0.441. The Morgan fingerprint density at radius 1 is 1.48 bits per heavy atom. The lowest BCUT2D eigenvalue weighted by atomic mass is 9.97. The van der Waals surface area contributed by atoms with Gasteiger partial charge in [0.25, 0.3) is 0 Å². The van der Waals surface area contributed by atoms with Crippen LogP contribution in [0, 0.1) is 0 Å². The molecule has 6 nitrogen and oxygen atoms in total. The molecule has 0 aromatic heterocycles. The summed E-state index contributed by atoms with van der Waals surface area (Å²) in [5.41, 5.74) is 0.727. The second-order valence-corrected chi connectivity index (χ2v) is 5.13. The molecule has 6 heteroatoms. The number of para-hydroxylation sites is 1. The van der Waals surface area contributed by atoms with E-state index in [0.29, 0.717) is 19.5 Å². The summed E-state index contributed by atoms with van der Waals surface area (Å²) in [4.78, 5) is 24.9. The standard InChI is InChI=1S/C15H20N2O4/c1-2-11(10-5-3-4-6-13(10)18)17-8-7-16-15(21)12(17)9-14(19)20/h3-6,11-12,18H,2,7-9H2,1H3,(H,16,21)(H,19,20). The molecule has 1 aliphatic heterocycles. The van der Waals surface area contributed by atoms with Crippen LogP contribution in [0.2, 0.25) is 0 Å². The molecule has 0 aliphatic carbocycles. The number of hydrogen-bond donors (Lipinski definition) is 3. The van der Waals surface area contributed by atoms with Crippen molar-refractivity contribution in [1.29, 1.82) is 0 Å². The maximum absolute atomic E-state index is 12.0. The lowest BCUT2D eigenvalue weighted by Crippen LogP contribution is -2.56. The number of aliphatic carboxylic acids is 1. The Balaban J connectivity index is 2.32. The second-order valence-electron chi connectivity index (χ2n) is 5.13. The molecule has 2 unspecified atom stereocenters. The second kappa shape index (κ2) is 6.58. The predicted octanol–water partition coefficient (Wildman–Crippen LogP) is 1.12. The van der Waals surface area contributed by atoms with Crippen molar-refractivity contribution in [1.82, 2.24) is 10.2 Å². The van der Waals surface area contributed by atoms with Gasteiger partial charge in [0.05, 0.1) is 6.42 Å². The quantitative estimate of drug-likeness (QED) is 0.756. The normalized spacial score (nSPS) is 20.8. The lowest BCUT2D eigenvalue weighted by Gasteiger charge is -2.40. The van der Waals surface area contributed by atoms with Crippen molar-refractivity contribution >= 4 is 11.9 Å².